The number of carbonyl (C=O) groups excluding carboxylic acids is 1. The van der Waals surface area contributed by atoms with Crippen LogP contribution in [0.2, 0.25) is 0 Å². The van der Waals surface area contributed by atoms with Crippen LogP contribution in [0.25, 0.3) is 10.9 Å². The molecule has 3 aromatic rings. The fourth-order valence-electron chi connectivity index (χ4n) is 2.61. The predicted octanol–water partition coefficient (Wildman–Crippen LogP) is 2.53. The second-order valence-electron chi connectivity index (χ2n) is 5.64. The maximum absolute atomic E-state index is 12.5. The van der Waals surface area contributed by atoms with Crippen molar-refractivity contribution in [2.45, 2.75) is 13.5 Å². The third-order valence-corrected chi connectivity index (χ3v) is 4.69. The van der Waals surface area contributed by atoms with E-state index in [1.54, 1.807) is 18.2 Å². The summed E-state index contributed by atoms with van der Waals surface area (Å²) < 4.78 is 0. The molecule has 2 aromatic heterocycles. The Balaban J connectivity index is 1.93. The van der Waals surface area contributed by atoms with Crippen molar-refractivity contribution in [3.8, 4) is 0 Å². The molecule has 1 amide bonds. The number of benzene rings is 1. The van der Waals surface area contributed by atoms with Gasteiger partial charge in [0.15, 0.2) is 0 Å². The van der Waals surface area contributed by atoms with Crippen LogP contribution in [0, 0.1) is 6.92 Å². The van der Waals surface area contributed by atoms with E-state index in [-0.39, 0.29) is 31.2 Å². The molecule has 2 heterocycles. The summed E-state index contributed by atoms with van der Waals surface area (Å²) in [5.74, 6) is -0.178. The monoisotopic (exact) mass is 342 g/mol. The van der Waals surface area contributed by atoms with Crippen molar-refractivity contribution in [1.82, 2.24) is 9.88 Å². The van der Waals surface area contributed by atoms with Crippen molar-refractivity contribution in [3.63, 3.8) is 0 Å². The van der Waals surface area contributed by atoms with Crippen molar-refractivity contribution in [2.75, 3.05) is 13.2 Å². The molecule has 1 aromatic carbocycles. The van der Waals surface area contributed by atoms with E-state index in [1.807, 2.05) is 30.5 Å². The molecular formula is C18H18N2O3S. The second-order valence-corrected chi connectivity index (χ2v) is 6.59. The van der Waals surface area contributed by atoms with Crippen molar-refractivity contribution in [3.05, 3.63) is 68.1 Å². The fourth-order valence-corrected chi connectivity index (χ4v) is 3.30. The minimum atomic E-state index is -0.213. The lowest BCUT2D eigenvalue weighted by Gasteiger charge is -2.21. The lowest BCUT2D eigenvalue weighted by Crippen LogP contribution is -2.34. The number of aromatic amines is 1. The van der Waals surface area contributed by atoms with E-state index in [1.165, 1.54) is 16.2 Å². The molecule has 5 nitrogen and oxygen atoms in total. The Morgan fingerprint density at radius 3 is 2.83 bits per heavy atom. The average Bonchev–Trinajstić information content (AvgIpc) is 3.09. The summed E-state index contributed by atoms with van der Waals surface area (Å²) in [6, 6.07) is 11.2. The fraction of sp³-hybridized carbons (Fsp3) is 0.222. The molecule has 0 spiro atoms. The van der Waals surface area contributed by atoms with Crippen molar-refractivity contribution in [1.29, 1.82) is 0 Å². The number of pyridine rings is 1. The third kappa shape index (κ3) is 3.39. The van der Waals surface area contributed by atoms with Crippen LogP contribution < -0.4 is 5.56 Å². The van der Waals surface area contributed by atoms with E-state index in [4.69, 9.17) is 0 Å². The van der Waals surface area contributed by atoms with Gasteiger partial charge >= 0.3 is 0 Å². The van der Waals surface area contributed by atoms with Gasteiger partial charge < -0.3 is 15.0 Å². The Bertz CT molecular complexity index is 916. The number of fused-ring (bicyclic) bond motifs is 1. The number of aromatic nitrogens is 1. The molecule has 3 rings (SSSR count). The first-order valence-electron chi connectivity index (χ1n) is 7.64. The zero-order chi connectivity index (χ0) is 17.1. The first kappa shape index (κ1) is 16.4. The minimum absolute atomic E-state index is 0.151. The maximum atomic E-state index is 12.5. The van der Waals surface area contributed by atoms with Gasteiger partial charge in [-0.15, -0.1) is 11.3 Å². The van der Waals surface area contributed by atoms with Crippen LogP contribution in [-0.4, -0.2) is 34.0 Å². The molecular weight excluding hydrogens is 324 g/mol. The Labute approximate surface area is 143 Å². The Kier molecular flexibility index (Phi) is 4.78. The number of aliphatic hydroxyl groups is 1. The molecule has 124 valence electrons. The molecule has 24 heavy (non-hydrogen) atoms. The Morgan fingerprint density at radius 2 is 2.12 bits per heavy atom. The number of rotatable bonds is 5. The summed E-state index contributed by atoms with van der Waals surface area (Å²) in [5, 5.41) is 12.0. The quantitative estimate of drug-likeness (QED) is 0.748. The summed E-state index contributed by atoms with van der Waals surface area (Å²) >= 11 is 1.35. The average molecular weight is 342 g/mol. The SMILES string of the molecule is Cc1ccc2cc(CN(CCO)C(=O)c3cccs3)c(=O)[nH]c2c1. The summed E-state index contributed by atoms with van der Waals surface area (Å²) in [4.78, 5) is 29.8. The van der Waals surface area contributed by atoms with Gasteiger partial charge in [-0.25, -0.2) is 0 Å². The number of aliphatic hydroxyl groups excluding tert-OH is 1. The zero-order valence-corrected chi connectivity index (χ0v) is 14.1. The van der Waals surface area contributed by atoms with Gasteiger partial charge in [-0.3, -0.25) is 9.59 Å². The molecule has 6 heteroatoms. The molecule has 2 N–H and O–H groups in total. The number of nitrogens with one attached hydrogen (secondary N) is 1. The van der Waals surface area contributed by atoms with Gasteiger partial charge in [-0.05, 0) is 41.5 Å². The predicted molar refractivity (Wildman–Crippen MR) is 95.5 cm³/mol. The van der Waals surface area contributed by atoms with E-state index < -0.39 is 0 Å². The highest BCUT2D eigenvalue weighted by molar-refractivity contribution is 7.12. The topological polar surface area (TPSA) is 73.4 Å². The molecule has 0 radical (unpaired) electrons. The Morgan fingerprint density at radius 1 is 1.29 bits per heavy atom. The van der Waals surface area contributed by atoms with Gasteiger partial charge in [0.25, 0.3) is 11.5 Å². The van der Waals surface area contributed by atoms with Crippen LogP contribution in [-0.2, 0) is 6.54 Å². The van der Waals surface area contributed by atoms with Gasteiger partial charge in [0.2, 0.25) is 0 Å². The van der Waals surface area contributed by atoms with E-state index in [9.17, 15) is 14.7 Å². The lowest BCUT2D eigenvalue weighted by molar-refractivity contribution is 0.0712. The molecule has 0 unspecified atom stereocenters. The number of amides is 1. The highest BCUT2D eigenvalue weighted by Gasteiger charge is 2.18. The Hall–Kier alpha value is -2.44. The van der Waals surface area contributed by atoms with E-state index in [2.05, 4.69) is 4.98 Å². The summed E-state index contributed by atoms with van der Waals surface area (Å²) in [6.07, 6.45) is 0. The van der Waals surface area contributed by atoms with Gasteiger partial charge in [0, 0.05) is 17.6 Å². The standard InChI is InChI=1S/C18H18N2O3S/c1-12-4-5-13-10-14(17(22)19-15(13)9-12)11-20(6-7-21)18(23)16-3-2-8-24-16/h2-5,8-10,21H,6-7,11H2,1H3,(H,19,22). The van der Waals surface area contributed by atoms with Crippen LogP contribution in [0.15, 0.2) is 46.6 Å². The maximum Gasteiger partial charge on any atom is 0.264 e. The largest absolute Gasteiger partial charge is 0.395 e. The van der Waals surface area contributed by atoms with Crippen LogP contribution in [0.4, 0.5) is 0 Å². The second kappa shape index (κ2) is 6.98. The number of aryl methyl sites for hydroxylation is 1. The number of nitrogens with zero attached hydrogens (tertiary/aromatic N) is 1. The lowest BCUT2D eigenvalue weighted by atomic mass is 10.1. The molecule has 0 saturated carbocycles. The summed E-state index contributed by atoms with van der Waals surface area (Å²) in [5.41, 5.74) is 2.14. The first-order valence-corrected chi connectivity index (χ1v) is 8.52. The van der Waals surface area contributed by atoms with Gasteiger partial charge in [-0.2, -0.15) is 0 Å². The van der Waals surface area contributed by atoms with E-state index >= 15 is 0 Å². The normalized spacial score (nSPS) is 10.9. The summed E-state index contributed by atoms with van der Waals surface area (Å²) in [7, 11) is 0. The molecule has 0 aliphatic heterocycles. The molecule has 0 aliphatic rings. The van der Waals surface area contributed by atoms with E-state index in [0.717, 1.165) is 16.5 Å². The van der Waals surface area contributed by atoms with Crippen LogP contribution in [0.3, 0.4) is 0 Å². The highest BCUT2D eigenvalue weighted by atomic mass is 32.1. The molecule has 0 saturated heterocycles. The number of hydrogen-bond acceptors (Lipinski definition) is 4. The molecule has 0 bridgehead atoms. The molecule has 0 aliphatic carbocycles. The first-order chi connectivity index (χ1) is 11.6. The zero-order valence-electron chi connectivity index (χ0n) is 13.3. The van der Waals surface area contributed by atoms with Gasteiger partial charge in [0.1, 0.15) is 0 Å². The molecule has 0 fully saturated rings. The number of hydrogen-bond donors (Lipinski definition) is 2. The minimum Gasteiger partial charge on any atom is -0.395 e. The number of thiophene rings is 1. The van der Waals surface area contributed by atoms with Crippen molar-refractivity contribution in [2.24, 2.45) is 0 Å². The summed E-state index contributed by atoms with van der Waals surface area (Å²) in [6.45, 7) is 2.16. The third-order valence-electron chi connectivity index (χ3n) is 3.83. The van der Waals surface area contributed by atoms with Gasteiger partial charge in [-0.1, -0.05) is 18.2 Å². The smallest absolute Gasteiger partial charge is 0.264 e. The number of carbonyl (C=O) groups is 1. The van der Waals surface area contributed by atoms with Crippen LogP contribution >= 0.6 is 11.3 Å². The van der Waals surface area contributed by atoms with Gasteiger partial charge in [0.05, 0.1) is 18.0 Å². The van der Waals surface area contributed by atoms with Crippen molar-refractivity contribution < 1.29 is 9.90 Å². The number of H-pyrrole nitrogens is 1. The van der Waals surface area contributed by atoms with Crippen molar-refractivity contribution >= 4 is 28.1 Å². The van der Waals surface area contributed by atoms with E-state index in [0.29, 0.717) is 10.4 Å². The highest BCUT2D eigenvalue weighted by Crippen LogP contribution is 2.16. The van der Waals surface area contributed by atoms with Crippen LogP contribution in [0.5, 0.6) is 0 Å². The van der Waals surface area contributed by atoms with Crippen LogP contribution in [0.1, 0.15) is 20.8 Å². The molecule has 0 atom stereocenters.